The minimum absolute atomic E-state index is 0.00989. The van der Waals surface area contributed by atoms with Gasteiger partial charge in [0.25, 0.3) is 11.8 Å². The van der Waals surface area contributed by atoms with E-state index in [-0.39, 0.29) is 38.4 Å². The molecule has 13 nitrogen and oxygen atoms in total. The van der Waals surface area contributed by atoms with E-state index in [9.17, 15) is 24.0 Å². The number of hydroxylamine groups is 2. The maximum Gasteiger partial charge on any atom is 0.335 e. The van der Waals surface area contributed by atoms with E-state index in [1.807, 2.05) is 0 Å². The highest BCUT2D eigenvalue weighted by atomic mass is 16.7. The van der Waals surface area contributed by atoms with Gasteiger partial charge in [0.1, 0.15) is 0 Å². The molecule has 1 fully saturated rings. The summed E-state index contributed by atoms with van der Waals surface area (Å²) >= 11 is 0. The summed E-state index contributed by atoms with van der Waals surface area (Å²) in [5, 5.41) is 5.88. The Kier molecular flexibility index (Phi) is 18.0. The van der Waals surface area contributed by atoms with Crippen LogP contribution in [0, 0.1) is 0 Å². The molecule has 1 saturated heterocycles. The van der Waals surface area contributed by atoms with Gasteiger partial charge in [0, 0.05) is 32.4 Å². The summed E-state index contributed by atoms with van der Waals surface area (Å²) in [6, 6.07) is 0. The van der Waals surface area contributed by atoms with Gasteiger partial charge in [0.2, 0.25) is 12.3 Å². The van der Waals surface area contributed by atoms with E-state index in [4.69, 9.17) is 23.8 Å². The number of nitrogens with one attached hydrogen (secondary N) is 2. The second-order valence-corrected chi connectivity index (χ2v) is 7.48. The van der Waals surface area contributed by atoms with Crippen LogP contribution in [0.4, 0.5) is 0 Å². The van der Waals surface area contributed by atoms with Crippen molar-refractivity contribution in [2.45, 2.75) is 44.9 Å². The summed E-state index contributed by atoms with van der Waals surface area (Å²) in [7, 11) is 0. The number of carbonyl (C=O) groups excluding carboxylic acids is 5. The number of unbranched alkanes of at least 4 members (excludes halogenated alkanes) is 2. The number of carbonyl (C=O) groups is 5. The van der Waals surface area contributed by atoms with Crippen LogP contribution in [0.25, 0.3) is 0 Å². The zero-order valence-electron chi connectivity index (χ0n) is 20.1. The van der Waals surface area contributed by atoms with Crippen molar-refractivity contribution < 1.29 is 47.8 Å². The second-order valence-electron chi connectivity index (χ2n) is 7.48. The minimum Gasteiger partial charge on any atom is -0.378 e. The van der Waals surface area contributed by atoms with Gasteiger partial charge in [-0.3, -0.25) is 19.2 Å². The Morgan fingerprint density at radius 2 is 1.31 bits per heavy atom. The molecule has 1 aliphatic rings. The number of hydrogen-bond acceptors (Lipinski definition) is 10. The first kappa shape index (κ1) is 30.4. The third-order valence-corrected chi connectivity index (χ3v) is 4.64. The van der Waals surface area contributed by atoms with Crippen molar-refractivity contribution in [3.63, 3.8) is 0 Å². The summed E-state index contributed by atoms with van der Waals surface area (Å²) in [6.45, 7) is 3.78. The number of nitrogens with zero attached hydrogens (tertiary/aromatic N) is 1. The molecule has 1 rings (SSSR count). The van der Waals surface area contributed by atoms with E-state index in [0.717, 1.165) is 19.3 Å². The van der Waals surface area contributed by atoms with Gasteiger partial charge in [-0.2, -0.15) is 0 Å². The van der Waals surface area contributed by atoms with E-state index >= 15 is 0 Å². The van der Waals surface area contributed by atoms with Gasteiger partial charge in [0.15, 0.2) is 0 Å². The van der Waals surface area contributed by atoms with Crippen molar-refractivity contribution in [2.75, 3.05) is 65.9 Å². The monoisotopic (exact) mass is 503 g/mol. The minimum atomic E-state index is -0.705. The first-order chi connectivity index (χ1) is 17.0. The van der Waals surface area contributed by atoms with Gasteiger partial charge >= 0.3 is 5.97 Å². The average molecular weight is 504 g/mol. The highest BCUT2D eigenvalue weighted by molar-refractivity contribution is 6.01. The van der Waals surface area contributed by atoms with Crippen LogP contribution >= 0.6 is 0 Å². The molecular formula is C22H37N3O10. The van der Waals surface area contributed by atoms with Crippen LogP contribution in [0.2, 0.25) is 0 Å². The topological polar surface area (TPSA) is 159 Å². The van der Waals surface area contributed by atoms with Crippen molar-refractivity contribution in [3.05, 3.63) is 0 Å². The molecule has 0 aromatic heterocycles. The molecule has 0 aromatic rings. The lowest BCUT2D eigenvalue weighted by molar-refractivity contribution is -0.198. The van der Waals surface area contributed by atoms with Gasteiger partial charge in [-0.25, -0.2) is 4.79 Å². The molecule has 0 bridgehead atoms. The average Bonchev–Trinajstić information content (AvgIpc) is 3.15. The van der Waals surface area contributed by atoms with Crippen LogP contribution < -0.4 is 10.6 Å². The maximum atomic E-state index is 11.6. The van der Waals surface area contributed by atoms with Crippen molar-refractivity contribution in [2.24, 2.45) is 0 Å². The summed E-state index contributed by atoms with van der Waals surface area (Å²) in [4.78, 5) is 60.7. The normalized spacial score (nSPS) is 13.2. The van der Waals surface area contributed by atoms with Gasteiger partial charge in [-0.15, -0.1) is 5.06 Å². The van der Waals surface area contributed by atoms with Crippen LogP contribution in [0.15, 0.2) is 0 Å². The molecule has 1 aliphatic heterocycles. The third kappa shape index (κ3) is 16.6. The van der Waals surface area contributed by atoms with Crippen LogP contribution in [0.1, 0.15) is 44.9 Å². The fourth-order valence-corrected chi connectivity index (χ4v) is 2.82. The standard InChI is InChI=1S/C22H37N3O10/c26-18-23-8-3-1-2-4-19(27)24-9-11-32-13-15-34-17-16-33-14-12-31-10-7-22(30)35-25-20(28)5-6-21(25)29/h18H,1-17H2,(H,23,26)(H,24,27). The predicted molar refractivity (Wildman–Crippen MR) is 121 cm³/mol. The lowest BCUT2D eigenvalue weighted by Gasteiger charge is -2.12. The van der Waals surface area contributed by atoms with Crippen LogP contribution in [-0.2, 0) is 47.8 Å². The largest absolute Gasteiger partial charge is 0.378 e. The Morgan fingerprint density at radius 1 is 0.743 bits per heavy atom. The molecule has 0 aromatic carbocycles. The third-order valence-electron chi connectivity index (χ3n) is 4.64. The number of hydrogen-bond donors (Lipinski definition) is 2. The van der Waals surface area contributed by atoms with Crippen molar-refractivity contribution in [1.82, 2.24) is 15.7 Å². The lowest BCUT2D eigenvalue weighted by atomic mass is 10.2. The van der Waals surface area contributed by atoms with Crippen LogP contribution in [0.3, 0.4) is 0 Å². The predicted octanol–water partition coefficient (Wildman–Crippen LogP) is -0.527. The van der Waals surface area contributed by atoms with Crippen molar-refractivity contribution in [1.29, 1.82) is 0 Å². The Bertz CT molecular complexity index is 631. The molecule has 2 N–H and O–H groups in total. The Labute approximate surface area is 205 Å². The lowest BCUT2D eigenvalue weighted by Crippen LogP contribution is -2.32. The fourth-order valence-electron chi connectivity index (χ4n) is 2.82. The first-order valence-electron chi connectivity index (χ1n) is 11.9. The molecule has 1 heterocycles. The highest BCUT2D eigenvalue weighted by Crippen LogP contribution is 2.12. The quantitative estimate of drug-likeness (QED) is 0.105. The SMILES string of the molecule is O=CNCCCCCC(=O)NCCOCCOCCOCCOCCC(=O)ON1C(=O)CCC1=O. The molecule has 200 valence electrons. The number of imide groups is 1. The van der Waals surface area contributed by atoms with E-state index in [1.54, 1.807) is 0 Å². The highest BCUT2D eigenvalue weighted by Gasteiger charge is 2.32. The molecule has 0 atom stereocenters. The Hall–Kier alpha value is -2.61. The molecule has 0 spiro atoms. The molecule has 13 heteroatoms. The summed E-state index contributed by atoms with van der Waals surface area (Å²) in [5.74, 6) is -1.74. The summed E-state index contributed by atoms with van der Waals surface area (Å²) < 4.78 is 21.3. The van der Waals surface area contributed by atoms with Crippen molar-refractivity contribution >= 4 is 30.1 Å². The molecule has 35 heavy (non-hydrogen) atoms. The molecule has 0 saturated carbocycles. The maximum absolute atomic E-state index is 11.6. The first-order valence-corrected chi connectivity index (χ1v) is 11.9. The zero-order valence-corrected chi connectivity index (χ0v) is 20.1. The van der Waals surface area contributed by atoms with Crippen molar-refractivity contribution in [3.8, 4) is 0 Å². The summed E-state index contributed by atoms with van der Waals surface area (Å²) in [6.07, 6.45) is 3.71. The smallest absolute Gasteiger partial charge is 0.335 e. The number of rotatable bonds is 23. The van der Waals surface area contributed by atoms with E-state index in [0.29, 0.717) is 70.6 Å². The summed E-state index contributed by atoms with van der Waals surface area (Å²) in [5.41, 5.74) is 0. The second kappa shape index (κ2) is 20.7. The van der Waals surface area contributed by atoms with E-state index in [2.05, 4.69) is 10.6 Å². The van der Waals surface area contributed by atoms with Gasteiger partial charge in [0.05, 0.1) is 59.3 Å². The molecule has 4 amide bonds. The molecule has 0 aliphatic carbocycles. The van der Waals surface area contributed by atoms with E-state index < -0.39 is 17.8 Å². The Balaban J connectivity index is 1.77. The molecule has 0 radical (unpaired) electrons. The molecule has 0 unspecified atom stereocenters. The zero-order chi connectivity index (χ0) is 25.6. The van der Waals surface area contributed by atoms with Crippen LogP contribution in [-0.4, -0.2) is 101 Å². The van der Waals surface area contributed by atoms with Gasteiger partial charge in [-0.05, 0) is 12.8 Å². The number of ether oxygens (including phenoxy) is 4. The van der Waals surface area contributed by atoms with Gasteiger partial charge in [-0.1, -0.05) is 6.42 Å². The van der Waals surface area contributed by atoms with Crippen LogP contribution in [0.5, 0.6) is 0 Å². The Morgan fingerprint density at radius 3 is 1.91 bits per heavy atom. The number of amides is 4. The molecular weight excluding hydrogens is 466 g/mol. The fraction of sp³-hybridized carbons (Fsp3) is 0.773. The van der Waals surface area contributed by atoms with Gasteiger partial charge < -0.3 is 34.4 Å². The van der Waals surface area contributed by atoms with E-state index in [1.165, 1.54) is 0 Å².